The van der Waals surface area contributed by atoms with Gasteiger partial charge in [-0.25, -0.2) is 13.2 Å². The number of Topliss-reactive ketones (excluding diaryl/α,β-unsaturated/α-hetero) is 1. The fraction of sp³-hybridized carbons (Fsp3) is 0.500. The standard InChI is InChI=1S/C14H16F3NO/c15-10-5-4-9(12(16)13(10)17)11(19)8-14(18)6-2-1-3-7-14/h4-5H,1-3,6-8,18H2. The molecule has 0 heterocycles. The van der Waals surface area contributed by atoms with E-state index in [1.807, 2.05) is 0 Å². The van der Waals surface area contributed by atoms with Crippen LogP contribution in [0.1, 0.15) is 48.9 Å². The molecule has 2 rings (SSSR count). The smallest absolute Gasteiger partial charge is 0.195 e. The van der Waals surface area contributed by atoms with Gasteiger partial charge in [-0.3, -0.25) is 4.79 Å². The van der Waals surface area contributed by atoms with Crippen LogP contribution in [0.3, 0.4) is 0 Å². The van der Waals surface area contributed by atoms with Crippen LogP contribution in [0.5, 0.6) is 0 Å². The van der Waals surface area contributed by atoms with Gasteiger partial charge < -0.3 is 5.73 Å². The maximum Gasteiger partial charge on any atom is 0.195 e. The fourth-order valence-corrected chi connectivity index (χ4v) is 2.59. The molecule has 0 spiro atoms. The SMILES string of the molecule is NC1(CC(=O)c2ccc(F)c(F)c2F)CCCCC1. The summed E-state index contributed by atoms with van der Waals surface area (Å²) < 4.78 is 39.4. The molecule has 1 aliphatic carbocycles. The number of benzene rings is 1. The van der Waals surface area contributed by atoms with Gasteiger partial charge in [0, 0.05) is 12.0 Å². The van der Waals surface area contributed by atoms with E-state index in [0.717, 1.165) is 31.4 Å². The Balaban J connectivity index is 2.18. The monoisotopic (exact) mass is 271 g/mol. The maximum absolute atomic E-state index is 13.5. The molecule has 19 heavy (non-hydrogen) atoms. The molecule has 104 valence electrons. The Morgan fingerprint density at radius 1 is 1.11 bits per heavy atom. The zero-order chi connectivity index (χ0) is 14.0. The van der Waals surface area contributed by atoms with E-state index in [1.165, 1.54) is 0 Å². The lowest BCUT2D eigenvalue weighted by molar-refractivity contribution is 0.0929. The first-order valence-electron chi connectivity index (χ1n) is 6.38. The molecule has 1 aromatic carbocycles. The van der Waals surface area contributed by atoms with E-state index in [0.29, 0.717) is 12.8 Å². The van der Waals surface area contributed by atoms with E-state index < -0.39 is 34.3 Å². The van der Waals surface area contributed by atoms with Crippen molar-refractivity contribution in [1.82, 2.24) is 0 Å². The maximum atomic E-state index is 13.5. The van der Waals surface area contributed by atoms with E-state index in [4.69, 9.17) is 5.73 Å². The topological polar surface area (TPSA) is 43.1 Å². The number of halogens is 3. The minimum Gasteiger partial charge on any atom is -0.325 e. The van der Waals surface area contributed by atoms with Crippen LogP contribution in [0.4, 0.5) is 13.2 Å². The normalized spacial score (nSPS) is 18.3. The largest absolute Gasteiger partial charge is 0.325 e. The highest BCUT2D eigenvalue weighted by Crippen LogP contribution is 2.30. The van der Waals surface area contributed by atoms with E-state index in [2.05, 4.69) is 0 Å². The molecule has 2 N–H and O–H groups in total. The van der Waals surface area contributed by atoms with Gasteiger partial charge in [0.25, 0.3) is 0 Å². The molecule has 1 fully saturated rings. The average molecular weight is 271 g/mol. The number of ketones is 1. The van der Waals surface area contributed by atoms with Gasteiger partial charge in [-0.1, -0.05) is 19.3 Å². The second kappa shape index (κ2) is 5.33. The molecule has 0 unspecified atom stereocenters. The minimum atomic E-state index is -1.61. The number of hydrogen-bond donors (Lipinski definition) is 1. The summed E-state index contributed by atoms with van der Waals surface area (Å²) in [5.74, 6) is -4.90. The Kier molecular flexibility index (Phi) is 3.94. The van der Waals surface area contributed by atoms with E-state index in [1.54, 1.807) is 0 Å². The molecule has 1 aliphatic rings. The van der Waals surface area contributed by atoms with Crippen molar-refractivity contribution in [3.8, 4) is 0 Å². The number of hydrogen-bond acceptors (Lipinski definition) is 2. The first kappa shape index (κ1) is 14.1. The van der Waals surface area contributed by atoms with Crippen LogP contribution in [0, 0.1) is 17.5 Å². The third-order valence-corrected chi connectivity index (χ3v) is 3.70. The van der Waals surface area contributed by atoms with Gasteiger partial charge in [0.1, 0.15) is 0 Å². The van der Waals surface area contributed by atoms with Crippen LogP contribution in [0.15, 0.2) is 12.1 Å². The number of nitrogens with two attached hydrogens (primary N) is 1. The Morgan fingerprint density at radius 3 is 2.37 bits per heavy atom. The van der Waals surface area contributed by atoms with Gasteiger partial charge >= 0.3 is 0 Å². The summed E-state index contributed by atoms with van der Waals surface area (Å²) in [6, 6.07) is 1.73. The lowest BCUT2D eigenvalue weighted by atomic mass is 9.78. The quantitative estimate of drug-likeness (QED) is 0.676. The highest BCUT2D eigenvalue weighted by Gasteiger charge is 2.31. The van der Waals surface area contributed by atoms with Crippen LogP contribution in [0.2, 0.25) is 0 Å². The minimum absolute atomic E-state index is 0.0327. The first-order chi connectivity index (χ1) is 8.93. The summed E-state index contributed by atoms with van der Waals surface area (Å²) in [7, 11) is 0. The van der Waals surface area contributed by atoms with Crippen molar-refractivity contribution >= 4 is 5.78 Å². The lowest BCUT2D eigenvalue weighted by Gasteiger charge is -2.32. The molecule has 0 radical (unpaired) electrons. The predicted molar refractivity (Wildman–Crippen MR) is 65.3 cm³/mol. The summed E-state index contributed by atoms with van der Waals surface area (Å²) in [5, 5.41) is 0. The summed E-state index contributed by atoms with van der Waals surface area (Å²) in [6.45, 7) is 0. The van der Waals surface area contributed by atoms with Crippen molar-refractivity contribution in [2.45, 2.75) is 44.1 Å². The third kappa shape index (κ3) is 2.97. The first-order valence-corrected chi connectivity index (χ1v) is 6.38. The zero-order valence-corrected chi connectivity index (χ0v) is 10.5. The molecule has 0 bridgehead atoms. The van der Waals surface area contributed by atoms with Gasteiger partial charge in [-0.15, -0.1) is 0 Å². The van der Waals surface area contributed by atoms with Crippen molar-refractivity contribution in [2.75, 3.05) is 0 Å². The van der Waals surface area contributed by atoms with Gasteiger partial charge in [0.05, 0.1) is 5.56 Å². The van der Waals surface area contributed by atoms with E-state index >= 15 is 0 Å². The Bertz CT molecular complexity index is 496. The van der Waals surface area contributed by atoms with Gasteiger partial charge in [-0.05, 0) is 25.0 Å². The molecule has 0 atom stereocenters. The fourth-order valence-electron chi connectivity index (χ4n) is 2.59. The van der Waals surface area contributed by atoms with Crippen molar-refractivity contribution in [3.63, 3.8) is 0 Å². The van der Waals surface area contributed by atoms with Crippen LogP contribution >= 0.6 is 0 Å². The lowest BCUT2D eigenvalue weighted by Crippen LogP contribution is -2.43. The second-order valence-corrected chi connectivity index (χ2v) is 5.25. The molecule has 1 aromatic rings. The summed E-state index contributed by atoms with van der Waals surface area (Å²) in [4.78, 5) is 12.0. The molecule has 0 aromatic heterocycles. The average Bonchev–Trinajstić information content (AvgIpc) is 2.36. The van der Waals surface area contributed by atoms with E-state index in [-0.39, 0.29) is 6.42 Å². The summed E-state index contributed by atoms with van der Waals surface area (Å²) in [6.07, 6.45) is 4.31. The van der Waals surface area contributed by atoms with Gasteiger partial charge in [0.15, 0.2) is 23.2 Å². The molecular formula is C14H16F3NO. The Hall–Kier alpha value is -1.36. The molecule has 2 nitrogen and oxygen atoms in total. The van der Waals surface area contributed by atoms with Gasteiger partial charge in [-0.2, -0.15) is 0 Å². The Labute approximate surface area is 109 Å². The predicted octanol–water partition coefficient (Wildman–Crippen LogP) is 3.34. The highest BCUT2D eigenvalue weighted by atomic mass is 19.2. The van der Waals surface area contributed by atoms with Crippen molar-refractivity contribution in [3.05, 3.63) is 35.1 Å². The summed E-state index contributed by atoms with van der Waals surface area (Å²) in [5.41, 5.74) is 5.04. The number of carbonyl (C=O) groups is 1. The molecule has 1 saturated carbocycles. The molecule has 0 amide bonds. The van der Waals surface area contributed by atoms with Crippen molar-refractivity contribution in [2.24, 2.45) is 5.73 Å². The number of carbonyl (C=O) groups excluding carboxylic acids is 1. The van der Waals surface area contributed by atoms with Crippen LogP contribution < -0.4 is 5.73 Å². The molecule has 0 aliphatic heterocycles. The van der Waals surface area contributed by atoms with Gasteiger partial charge in [0.2, 0.25) is 0 Å². The van der Waals surface area contributed by atoms with Crippen molar-refractivity contribution < 1.29 is 18.0 Å². The van der Waals surface area contributed by atoms with Crippen LogP contribution in [0.25, 0.3) is 0 Å². The highest BCUT2D eigenvalue weighted by molar-refractivity contribution is 5.97. The second-order valence-electron chi connectivity index (χ2n) is 5.25. The van der Waals surface area contributed by atoms with Crippen molar-refractivity contribution in [1.29, 1.82) is 0 Å². The molecule has 0 saturated heterocycles. The number of rotatable bonds is 3. The Morgan fingerprint density at radius 2 is 1.74 bits per heavy atom. The molecule has 5 heteroatoms. The van der Waals surface area contributed by atoms with Crippen LogP contribution in [-0.2, 0) is 0 Å². The molecular weight excluding hydrogens is 255 g/mol. The third-order valence-electron chi connectivity index (χ3n) is 3.70. The van der Waals surface area contributed by atoms with E-state index in [9.17, 15) is 18.0 Å². The van der Waals surface area contributed by atoms with Crippen LogP contribution in [-0.4, -0.2) is 11.3 Å². The zero-order valence-electron chi connectivity index (χ0n) is 10.5. The summed E-state index contributed by atoms with van der Waals surface area (Å²) >= 11 is 0.